The molecule has 2 aromatic rings. The molecule has 1 heterocycles. The highest BCUT2D eigenvalue weighted by Crippen LogP contribution is 2.25. The van der Waals surface area contributed by atoms with Crippen LogP contribution in [0.2, 0.25) is 5.02 Å². The Morgan fingerprint density at radius 3 is 2.81 bits per heavy atom. The number of benzene rings is 1. The Hall–Kier alpha value is -2.05. The average molecular weight is 231 g/mol. The van der Waals surface area contributed by atoms with Gasteiger partial charge in [-0.25, -0.2) is 0 Å². The van der Waals surface area contributed by atoms with Crippen molar-refractivity contribution in [3.63, 3.8) is 0 Å². The number of nitriles is 1. The number of pyridine rings is 1. The fourth-order valence-corrected chi connectivity index (χ4v) is 1.39. The van der Waals surface area contributed by atoms with Crippen LogP contribution in [-0.4, -0.2) is 4.98 Å². The lowest BCUT2D eigenvalue weighted by Gasteiger charge is -2.06. The Bertz CT molecular complexity index is 549. The molecule has 0 aliphatic rings. The molecule has 2 rings (SSSR count). The lowest BCUT2D eigenvalue weighted by atomic mass is 10.2. The molecule has 0 N–H and O–H groups in total. The summed E-state index contributed by atoms with van der Waals surface area (Å²) in [4.78, 5) is 3.90. The summed E-state index contributed by atoms with van der Waals surface area (Å²) in [5.41, 5.74) is 0.475. The van der Waals surface area contributed by atoms with Gasteiger partial charge in [0.1, 0.15) is 17.6 Å². The molecule has 0 aliphatic carbocycles. The summed E-state index contributed by atoms with van der Waals surface area (Å²) in [5.74, 6) is 1.00. The smallest absolute Gasteiger partial charge is 0.147 e. The third kappa shape index (κ3) is 2.30. The highest BCUT2D eigenvalue weighted by atomic mass is 35.5. The number of aromatic nitrogens is 1. The second-order valence-electron chi connectivity index (χ2n) is 3.05. The Morgan fingerprint density at radius 2 is 2.06 bits per heavy atom. The van der Waals surface area contributed by atoms with Crippen molar-refractivity contribution < 1.29 is 4.74 Å². The second-order valence-corrected chi connectivity index (χ2v) is 3.49. The standard InChI is InChI=1S/C12H7ClN2O/c13-10-5-11(8-15-7-10)16-12-4-2-1-3-9(12)6-14/h1-5,7-8H. The van der Waals surface area contributed by atoms with Crippen LogP contribution in [0, 0.1) is 11.3 Å². The normalized spacial score (nSPS) is 9.50. The van der Waals surface area contributed by atoms with Gasteiger partial charge in [-0.1, -0.05) is 23.7 Å². The molecule has 0 radical (unpaired) electrons. The maximum absolute atomic E-state index is 8.88. The molecule has 78 valence electrons. The van der Waals surface area contributed by atoms with E-state index in [0.29, 0.717) is 22.1 Å². The van der Waals surface area contributed by atoms with Crippen molar-refractivity contribution in [3.8, 4) is 17.6 Å². The number of rotatable bonds is 2. The maximum atomic E-state index is 8.88. The van der Waals surface area contributed by atoms with Crippen molar-refractivity contribution >= 4 is 11.6 Å². The van der Waals surface area contributed by atoms with Crippen LogP contribution in [0.25, 0.3) is 0 Å². The van der Waals surface area contributed by atoms with Crippen molar-refractivity contribution in [1.29, 1.82) is 5.26 Å². The largest absolute Gasteiger partial charge is 0.454 e. The molecule has 0 bridgehead atoms. The fourth-order valence-electron chi connectivity index (χ4n) is 1.22. The molecule has 0 saturated heterocycles. The van der Waals surface area contributed by atoms with Crippen LogP contribution in [0.5, 0.6) is 11.5 Å². The summed E-state index contributed by atoms with van der Waals surface area (Å²) in [5, 5.41) is 9.37. The Kier molecular flexibility index (Phi) is 3.04. The summed E-state index contributed by atoms with van der Waals surface area (Å²) in [7, 11) is 0. The summed E-state index contributed by atoms with van der Waals surface area (Å²) in [6.07, 6.45) is 3.06. The second kappa shape index (κ2) is 4.65. The predicted molar refractivity (Wildman–Crippen MR) is 60.5 cm³/mol. The van der Waals surface area contributed by atoms with E-state index in [4.69, 9.17) is 21.6 Å². The van der Waals surface area contributed by atoms with Gasteiger partial charge in [-0.05, 0) is 12.1 Å². The van der Waals surface area contributed by atoms with E-state index in [-0.39, 0.29) is 0 Å². The van der Waals surface area contributed by atoms with Crippen LogP contribution in [0.1, 0.15) is 5.56 Å². The molecular weight excluding hydrogens is 224 g/mol. The van der Waals surface area contributed by atoms with E-state index >= 15 is 0 Å². The van der Waals surface area contributed by atoms with E-state index in [2.05, 4.69) is 11.1 Å². The topological polar surface area (TPSA) is 45.9 Å². The molecule has 3 nitrogen and oxygen atoms in total. The number of halogens is 1. The molecule has 1 aromatic heterocycles. The van der Waals surface area contributed by atoms with Crippen LogP contribution in [0.3, 0.4) is 0 Å². The zero-order valence-corrected chi connectivity index (χ0v) is 8.98. The van der Waals surface area contributed by atoms with Crippen LogP contribution >= 0.6 is 11.6 Å². The number of para-hydroxylation sites is 1. The maximum Gasteiger partial charge on any atom is 0.147 e. The van der Waals surface area contributed by atoms with Gasteiger partial charge >= 0.3 is 0 Å². The summed E-state index contributed by atoms with van der Waals surface area (Å²) >= 11 is 5.78. The van der Waals surface area contributed by atoms with Gasteiger partial charge < -0.3 is 4.74 Å². The van der Waals surface area contributed by atoms with E-state index in [1.165, 1.54) is 6.20 Å². The van der Waals surface area contributed by atoms with Crippen LogP contribution in [0.15, 0.2) is 42.7 Å². The van der Waals surface area contributed by atoms with Gasteiger partial charge in [0.15, 0.2) is 0 Å². The highest BCUT2D eigenvalue weighted by Gasteiger charge is 2.03. The van der Waals surface area contributed by atoms with Crippen molar-refractivity contribution in [2.24, 2.45) is 0 Å². The summed E-state index contributed by atoms with van der Waals surface area (Å²) < 4.78 is 5.51. The van der Waals surface area contributed by atoms with Gasteiger partial charge in [0, 0.05) is 12.3 Å². The molecule has 0 saturated carbocycles. The minimum atomic E-state index is 0.475. The van der Waals surface area contributed by atoms with Gasteiger partial charge in [0.2, 0.25) is 0 Å². The first-order valence-corrected chi connectivity index (χ1v) is 4.95. The molecule has 0 unspecified atom stereocenters. The van der Waals surface area contributed by atoms with Crippen molar-refractivity contribution in [2.75, 3.05) is 0 Å². The third-order valence-electron chi connectivity index (χ3n) is 1.92. The molecule has 0 spiro atoms. The summed E-state index contributed by atoms with van der Waals surface area (Å²) in [6, 6.07) is 10.7. The minimum Gasteiger partial charge on any atom is -0.454 e. The van der Waals surface area contributed by atoms with Gasteiger partial charge in [0.05, 0.1) is 16.8 Å². The molecule has 0 aliphatic heterocycles. The lowest BCUT2D eigenvalue weighted by Crippen LogP contribution is -1.88. The lowest BCUT2D eigenvalue weighted by molar-refractivity contribution is 0.479. The van der Waals surface area contributed by atoms with E-state index in [9.17, 15) is 0 Å². The molecule has 16 heavy (non-hydrogen) atoms. The predicted octanol–water partition coefficient (Wildman–Crippen LogP) is 3.40. The van der Waals surface area contributed by atoms with Crippen molar-refractivity contribution in [3.05, 3.63) is 53.3 Å². The van der Waals surface area contributed by atoms with Crippen molar-refractivity contribution in [2.45, 2.75) is 0 Å². The van der Waals surface area contributed by atoms with E-state index in [1.807, 2.05) is 0 Å². The van der Waals surface area contributed by atoms with Crippen molar-refractivity contribution in [1.82, 2.24) is 4.98 Å². The average Bonchev–Trinajstić information content (AvgIpc) is 2.30. The van der Waals surface area contributed by atoms with Crippen LogP contribution in [0.4, 0.5) is 0 Å². The first-order chi connectivity index (χ1) is 7.79. The minimum absolute atomic E-state index is 0.475. The Balaban J connectivity index is 2.31. The number of nitrogens with zero attached hydrogens (tertiary/aromatic N) is 2. The number of hydrogen-bond acceptors (Lipinski definition) is 3. The van der Waals surface area contributed by atoms with Crippen LogP contribution < -0.4 is 4.74 Å². The van der Waals surface area contributed by atoms with Gasteiger partial charge in [0.25, 0.3) is 0 Å². The van der Waals surface area contributed by atoms with Gasteiger partial charge in [-0.3, -0.25) is 4.98 Å². The fraction of sp³-hybridized carbons (Fsp3) is 0. The molecular formula is C12H7ClN2O. The third-order valence-corrected chi connectivity index (χ3v) is 2.12. The number of ether oxygens (including phenoxy) is 1. The van der Waals surface area contributed by atoms with E-state index in [0.717, 1.165) is 0 Å². The first kappa shape index (κ1) is 10.5. The SMILES string of the molecule is N#Cc1ccccc1Oc1cncc(Cl)c1. The number of hydrogen-bond donors (Lipinski definition) is 0. The molecule has 0 fully saturated rings. The zero-order chi connectivity index (χ0) is 11.4. The van der Waals surface area contributed by atoms with E-state index < -0.39 is 0 Å². The van der Waals surface area contributed by atoms with E-state index in [1.54, 1.807) is 36.5 Å². The van der Waals surface area contributed by atoms with Crippen LogP contribution in [-0.2, 0) is 0 Å². The van der Waals surface area contributed by atoms with Gasteiger partial charge in [-0.15, -0.1) is 0 Å². The monoisotopic (exact) mass is 230 g/mol. The quantitative estimate of drug-likeness (QED) is 0.794. The molecule has 4 heteroatoms. The Labute approximate surface area is 97.9 Å². The molecule has 1 aromatic carbocycles. The first-order valence-electron chi connectivity index (χ1n) is 4.57. The zero-order valence-electron chi connectivity index (χ0n) is 8.22. The highest BCUT2D eigenvalue weighted by molar-refractivity contribution is 6.30. The van der Waals surface area contributed by atoms with Gasteiger partial charge in [-0.2, -0.15) is 5.26 Å². The molecule has 0 atom stereocenters. The summed E-state index contributed by atoms with van der Waals surface area (Å²) in [6.45, 7) is 0. The molecule has 0 amide bonds. The Morgan fingerprint density at radius 1 is 1.25 bits per heavy atom.